The lowest BCUT2D eigenvalue weighted by Gasteiger charge is -2.25. The second-order valence-corrected chi connectivity index (χ2v) is 7.31. The summed E-state index contributed by atoms with van der Waals surface area (Å²) in [6.45, 7) is 1.89. The van der Waals surface area contributed by atoms with E-state index >= 15 is 0 Å². The van der Waals surface area contributed by atoms with Gasteiger partial charge in [-0.15, -0.1) is 0 Å². The molecule has 1 aliphatic heterocycles. The Bertz CT molecular complexity index is 1120. The average molecular weight is 415 g/mol. The van der Waals surface area contributed by atoms with E-state index in [2.05, 4.69) is 0 Å². The SMILES string of the molecule is COc1cc(C)ccc1OC(=O)[C@H](Cc1ccccc1)N1C(=O)c2ccccc2C1=O. The van der Waals surface area contributed by atoms with Crippen molar-refractivity contribution < 1.29 is 23.9 Å². The van der Waals surface area contributed by atoms with E-state index in [-0.39, 0.29) is 23.3 Å². The maximum absolute atomic E-state index is 13.3. The number of nitrogens with zero attached hydrogens (tertiary/aromatic N) is 1. The molecule has 6 heteroatoms. The molecule has 31 heavy (non-hydrogen) atoms. The highest BCUT2D eigenvalue weighted by Crippen LogP contribution is 2.30. The summed E-state index contributed by atoms with van der Waals surface area (Å²) in [5, 5.41) is 0. The first-order chi connectivity index (χ1) is 15.0. The largest absolute Gasteiger partial charge is 0.493 e. The van der Waals surface area contributed by atoms with Gasteiger partial charge in [-0.2, -0.15) is 0 Å². The number of carbonyl (C=O) groups excluding carboxylic acids is 3. The first-order valence-electron chi connectivity index (χ1n) is 9.86. The molecule has 0 aliphatic carbocycles. The van der Waals surface area contributed by atoms with Gasteiger partial charge in [0.2, 0.25) is 0 Å². The van der Waals surface area contributed by atoms with Gasteiger partial charge in [-0.25, -0.2) is 4.79 Å². The first kappa shape index (κ1) is 20.3. The van der Waals surface area contributed by atoms with Crippen LogP contribution in [0.2, 0.25) is 0 Å². The summed E-state index contributed by atoms with van der Waals surface area (Å²) in [5.74, 6) is -1.09. The molecular formula is C25H21NO5. The monoisotopic (exact) mass is 415 g/mol. The van der Waals surface area contributed by atoms with Crippen LogP contribution >= 0.6 is 0 Å². The van der Waals surface area contributed by atoms with Gasteiger partial charge in [-0.05, 0) is 42.3 Å². The van der Waals surface area contributed by atoms with Gasteiger partial charge < -0.3 is 9.47 Å². The van der Waals surface area contributed by atoms with E-state index in [1.165, 1.54) is 7.11 Å². The van der Waals surface area contributed by atoms with Gasteiger partial charge in [0.1, 0.15) is 6.04 Å². The van der Waals surface area contributed by atoms with Crippen molar-refractivity contribution in [3.63, 3.8) is 0 Å². The molecule has 0 spiro atoms. The summed E-state index contributed by atoms with van der Waals surface area (Å²) in [4.78, 5) is 40.3. The van der Waals surface area contributed by atoms with Gasteiger partial charge in [0.05, 0.1) is 18.2 Å². The van der Waals surface area contributed by atoms with Gasteiger partial charge in [0.15, 0.2) is 11.5 Å². The summed E-state index contributed by atoms with van der Waals surface area (Å²) in [6.07, 6.45) is 0.138. The number of rotatable bonds is 6. The van der Waals surface area contributed by atoms with E-state index in [4.69, 9.17) is 9.47 Å². The molecule has 156 valence electrons. The Morgan fingerprint density at radius 3 is 2.10 bits per heavy atom. The van der Waals surface area contributed by atoms with Gasteiger partial charge in [-0.3, -0.25) is 14.5 Å². The molecule has 0 unspecified atom stereocenters. The molecule has 6 nitrogen and oxygen atoms in total. The third-order valence-corrected chi connectivity index (χ3v) is 5.21. The summed E-state index contributed by atoms with van der Waals surface area (Å²) < 4.78 is 10.9. The number of aryl methyl sites for hydroxylation is 1. The van der Waals surface area contributed by atoms with Crippen LogP contribution in [0.5, 0.6) is 11.5 Å². The second-order valence-electron chi connectivity index (χ2n) is 7.31. The van der Waals surface area contributed by atoms with E-state index in [0.29, 0.717) is 5.75 Å². The topological polar surface area (TPSA) is 72.9 Å². The van der Waals surface area contributed by atoms with Crippen molar-refractivity contribution in [2.75, 3.05) is 7.11 Å². The number of amides is 2. The molecule has 1 aliphatic rings. The Labute approximate surface area is 180 Å². The minimum atomic E-state index is -1.12. The molecule has 0 bridgehead atoms. The fourth-order valence-electron chi connectivity index (χ4n) is 3.64. The second kappa shape index (κ2) is 8.44. The lowest BCUT2D eigenvalue weighted by molar-refractivity contribution is -0.138. The lowest BCUT2D eigenvalue weighted by atomic mass is 10.0. The summed E-state index contributed by atoms with van der Waals surface area (Å²) >= 11 is 0. The maximum Gasteiger partial charge on any atom is 0.335 e. The molecule has 1 heterocycles. The van der Waals surface area contributed by atoms with Crippen LogP contribution in [-0.4, -0.2) is 35.8 Å². The summed E-state index contributed by atoms with van der Waals surface area (Å²) in [6, 6.07) is 19.8. The number of methoxy groups -OCH3 is 1. The first-order valence-corrected chi connectivity index (χ1v) is 9.86. The van der Waals surface area contributed by atoms with Gasteiger partial charge in [-0.1, -0.05) is 48.5 Å². The smallest absolute Gasteiger partial charge is 0.335 e. The Morgan fingerprint density at radius 2 is 1.48 bits per heavy atom. The molecule has 1 atom stereocenters. The molecular weight excluding hydrogens is 394 g/mol. The van der Waals surface area contributed by atoms with E-state index in [1.807, 2.05) is 37.3 Å². The molecule has 3 aromatic rings. The molecule has 0 N–H and O–H groups in total. The lowest BCUT2D eigenvalue weighted by Crippen LogP contribution is -2.48. The molecule has 4 rings (SSSR count). The van der Waals surface area contributed by atoms with Crippen molar-refractivity contribution in [1.29, 1.82) is 0 Å². The van der Waals surface area contributed by atoms with Gasteiger partial charge >= 0.3 is 5.97 Å². The predicted octanol–water partition coefficient (Wildman–Crippen LogP) is 3.82. The van der Waals surface area contributed by atoms with Crippen LogP contribution in [0, 0.1) is 6.92 Å². The molecule has 0 radical (unpaired) electrons. The van der Waals surface area contributed by atoms with Crippen molar-refractivity contribution in [2.24, 2.45) is 0 Å². The summed E-state index contributed by atoms with van der Waals surface area (Å²) in [5.41, 5.74) is 2.31. The Hall–Kier alpha value is -3.93. The molecule has 0 saturated heterocycles. The van der Waals surface area contributed by atoms with Crippen LogP contribution in [0.3, 0.4) is 0 Å². The highest BCUT2D eigenvalue weighted by molar-refractivity contribution is 6.22. The van der Waals surface area contributed by atoms with E-state index in [1.54, 1.807) is 42.5 Å². The third kappa shape index (κ3) is 3.92. The van der Waals surface area contributed by atoms with E-state index < -0.39 is 23.8 Å². The van der Waals surface area contributed by atoms with Crippen molar-refractivity contribution in [3.8, 4) is 11.5 Å². The van der Waals surface area contributed by atoms with Crippen LogP contribution in [0.4, 0.5) is 0 Å². The standard InChI is InChI=1S/C25H21NO5/c1-16-12-13-21(22(14-16)30-2)31-25(29)20(15-17-8-4-3-5-9-17)26-23(27)18-10-6-7-11-19(18)24(26)28/h3-14,20H,15H2,1-2H3/t20-/m0/s1. The van der Waals surface area contributed by atoms with Crippen molar-refractivity contribution in [1.82, 2.24) is 4.90 Å². The fraction of sp³-hybridized carbons (Fsp3) is 0.160. The number of benzene rings is 3. The molecule has 0 aromatic heterocycles. The highest BCUT2D eigenvalue weighted by Gasteiger charge is 2.43. The highest BCUT2D eigenvalue weighted by atomic mass is 16.6. The zero-order valence-corrected chi connectivity index (χ0v) is 17.2. The van der Waals surface area contributed by atoms with Crippen LogP contribution in [0.1, 0.15) is 31.8 Å². The van der Waals surface area contributed by atoms with Gasteiger partial charge in [0.25, 0.3) is 11.8 Å². The average Bonchev–Trinajstić information content (AvgIpc) is 3.04. The number of esters is 1. The van der Waals surface area contributed by atoms with Crippen molar-refractivity contribution in [3.05, 3.63) is 95.1 Å². The number of fused-ring (bicyclic) bond motifs is 1. The predicted molar refractivity (Wildman–Crippen MR) is 114 cm³/mol. The Balaban J connectivity index is 1.69. The van der Waals surface area contributed by atoms with Crippen LogP contribution < -0.4 is 9.47 Å². The Morgan fingerprint density at radius 1 is 0.871 bits per heavy atom. The third-order valence-electron chi connectivity index (χ3n) is 5.21. The van der Waals surface area contributed by atoms with E-state index in [0.717, 1.165) is 16.0 Å². The van der Waals surface area contributed by atoms with Crippen LogP contribution in [0.25, 0.3) is 0 Å². The number of ether oxygens (including phenoxy) is 2. The number of carbonyl (C=O) groups is 3. The minimum absolute atomic E-state index is 0.138. The number of hydrogen-bond acceptors (Lipinski definition) is 5. The number of hydrogen-bond donors (Lipinski definition) is 0. The van der Waals surface area contributed by atoms with Crippen molar-refractivity contribution >= 4 is 17.8 Å². The van der Waals surface area contributed by atoms with E-state index in [9.17, 15) is 14.4 Å². The van der Waals surface area contributed by atoms with Gasteiger partial charge in [0, 0.05) is 6.42 Å². The molecule has 3 aromatic carbocycles. The number of imide groups is 1. The molecule has 0 saturated carbocycles. The maximum atomic E-state index is 13.3. The molecule has 0 fully saturated rings. The van der Waals surface area contributed by atoms with Crippen LogP contribution in [-0.2, 0) is 11.2 Å². The zero-order valence-electron chi connectivity index (χ0n) is 17.2. The van der Waals surface area contributed by atoms with Crippen LogP contribution in [0.15, 0.2) is 72.8 Å². The molecule has 2 amide bonds. The normalized spacial score (nSPS) is 13.7. The quantitative estimate of drug-likeness (QED) is 0.348. The van der Waals surface area contributed by atoms with Crippen molar-refractivity contribution in [2.45, 2.75) is 19.4 Å². The summed E-state index contributed by atoms with van der Waals surface area (Å²) in [7, 11) is 1.48. The fourth-order valence-corrected chi connectivity index (χ4v) is 3.64. The Kier molecular flexibility index (Phi) is 5.54. The minimum Gasteiger partial charge on any atom is -0.493 e. The zero-order chi connectivity index (χ0) is 22.0.